The van der Waals surface area contributed by atoms with Crippen LogP contribution in [0.15, 0.2) is 51.7 Å². The molecular formula is C21H18FN5O3S2. The molecule has 0 fully saturated rings. The van der Waals surface area contributed by atoms with E-state index in [-0.39, 0.29) is 36.4 Å². The quantitative estimate of drug-likeness (QED) is 0.402. The van der Waals surface area contributed by atoms with Crippen LogP contribution < -0.4 is 10.6 Å². The Hall–Kier alpha value is -3.44. The summed E-state index contributed by atoms with van der Waals surface area (Å²) in [7, 11) is 0. The van der Waals surface area contributed by atoms with E-state index >= 15 is 0 Å². The minimum atomic E-state index is -0.521. The van der Waals surface area contributed by atoms with Gasteiger partial charge in [-0.2, -0.15) is 4.98 Å². The van der Waals surface area contributed by atoms with Gasteiger partial charge in [-0.25, -0.2) is 9.37 Å². The number of anilines is 1. The SMILES string of the molecule is CC(NC(=O)Cc1csc(NC(=O)Cc2cccs2)n1)c1nc(-c2ccc(F)cc2)no1. The van der Waals surface area contributed by atoms with E-state index in [1.807, 2.05) is 17.5 Å². The van der Waals surface area contributed by atoms with Crippen LogP contribution in [0.4, 0.5) is 9.52 Å². The first-order valence-corrected chi connectivity index (χ1v) is 11.4. The molecule has 1 aromatic carbocycles. The first-order valence-electron chi connectivity index (χ1n) is 9.62. The number of benzene rings is 1. The average molecular weight is 472 g/mol. The molecule has 3 heterocycles. The van der Waals surface area contributed by atoms with Crippen LogP contribution in [0.5, 0.6) is 0 Å². The number of rotatable bonds is 8. The summed E-state index contributed by atoms with van der Waals surface area (Å²) in [6.45, 7) is 1.72. The normalized spacial score (nSPS) is 11.8. The predicted molar refractivity (Wildman–Crippen MR) is 119 cm³/mol. The lowest BCUT2D eigenvalue weighted by Gasteiger charge is -2.08. The Bertz CT molecular complexity index is 1200. The molecular weight excluding hydrogens is 453 g/mol. The number of aromatic nitrogens is 3. The second kappa shape index (κ2) is 9.79. The first-order chi connectivity index (χ1) is 15.5. The fourth-order valence-corrected chi connectivity index (χ4v) is 4.26. The van der Waals surface area contributed by atoms with Crippen LogP contribution >= 0.6 is 22.7 Å². The fraction of sp³-hybridized carbons (Fsp3) is 0.190. The minimum absolute atomic E-state index is 0.0423. The zero-order valence-electron chi connectivity index (χ0n) is 16.9. The average Bonchev–Trinajstić information content (AvgIpc) is 3.51. The molecule has 2 N–H and O–H groups in total. The molecule has 0 radical (unpaired) electrons. The van der Waals surface area contributed by atoms with E-state index in [1.54, 1.807) is 24.4 Å². The van der Waals surface area contributed by atoms with Gasteiger partial charge < -0.3 is 15.2 Å². The Kier molecular flexibility index (Phi) is 6.66. The molecule has 4 aromatic rings. The highest BCUT2D eigenvalue weighted by molar-refractivity contribution is 7.14. The van der Waals surface area contributed by atoms with Gasteiger partial charge in [-0.3, -0.25) is 9.59 Å². The van der Waals surface area contributed by atoms with E-state index in [4.69, 9.17) is 4.52 Å². The number of nitrogens with zero attached hydrogens (tertiary/aromatic N) is 3. The van der Waals surface area contributed by atoms with Gasteiger partial charge in [0.05, 0.1) is 18.5 Å². The molecule has 1 atom stereocenters. The summed E-state index contributed by atoms with van der Waals surface area (Å²) in [5, 5.41) is 13.5. The summed E-state index contributed by atoms with van der Waals surface area (Å²) in [5.74, 6) is -0.244. The van der Waals surface area contributed by atoms with Crippen molar-refractivity contribution in [1.29, 1.82) is 0 Å². The standard InChI is InChI=1S/C21H18FN5O3S2/c1-12(20-26-19(27-30-20)13-4-6-14(22)7-5-13)23-17(28)9-15-11-32-21(24-15)25-18(29)10-16-3-2-8-31-16/h2-8,11-12H,9-10H2,1H3,(H,23,28)(H,24,25,29). The third-order valence-corrected chi connectivity index (χ3v) is 6.03. The molecule has 4 rings (SSSR count). The van der Waals surface area contributed by atoms with Crippen molar-refractivity contribution in [2.24, 2.45) is 0 Å². The van der Waals surface area contributed by atoms with Crippen molar-refractivity contribution in [3.05, 3.63) is 69.4 Å². The molecule has 0 aliphatic carbocycles. The monoisotopic (exact) mass is 471 g/mol. The van der Waals surface area contributed by atoms with Crippen LogP contribution in [0.3, 0.4) is 0 Å². The Labute approximate surface area is 190 Å². The molecule has 3 aromatic heterocycles. The molecule has 8 nitrogen and oxygen atoms in total. The lowest BCUT2D eigenvalue weighted by atomic mass is 10.2. The third kappa shape index (κ3) is 5.62. The highest BCUT2D eigenvalue weighted by Gasteiger charge is 2.18. The smallest absolute Gasteiger partial charge is 0.249 e. The number of carbonyl (C=O) groups is 2. The molecule has 0 spiro atoms. The first kappa shape index (κ1) is 21.8. The topological polar surface area (TPSA) is 110 Å². The zero-order chi connectivity index (χ0) is 22.5. The van der Waals surface area contributed by atoms with Crippen molar-refractivity contribution in [2.75, 3.05) is 5.32 Å². The number of carbonyl (C=O) groups excluding carboxylic acids is 2. The summed E-state index contributed by atoms with van der Waals surface area (Å²) in [6, 6.07) is 8.99. The number of halogens is 1. The van der Waals surface area contributed by atoms with Crippen molar-refractivity contribution in [2.45, 2.75) is 25.8 Å². The van der Waals surface area contributed by atoms with Gasteiger partial charge in [-0.15, -0.1) is 22.7 Å². The molecule has 1 unspecified atom stereocenters. The highest BCUT2D eigenvalue weighted by atomic mass is 32.1. The summed E-state index contributed by atoms with van der Waals surface area (Å²) in [5.41, 5.74) is 1.15. The van der Waals surface area contributed by atoms with Crippen LogP contribution in [0.2, 0.25) is 0 Å². The van der Waals surface area contributed by atoms with E-state index in [9.17, 15) is 14.0 Å². The van der Waals surface area contributed by atoms with E-state index < -0.39 is 6.04 Å². The second-order valence-corrected chi connectivity index (χ2v) is 8.77. The van der Waals surface area contributed by atoms with Gasteiger partial charge in [0.2, 0.25) is 23.5 Å². The van der Waals surface area contributed by atoms with Crippen molar-refractivity contribution in [3.63, 3.8) is 0 Å². The largest absolute Gasteiger partial charge is 0.344 e. The van der Waals surface area contributed by atoms with Gasteiger partial charge in [0, 0.05) is 15.8 Å². The number of nitrogens with one attached hydrogen (secondary N) is 2. The Morgan fingerprint density at radius 1 is 1.09 bits per heavy atom. The van der Waals surface area contributed by atoms with Crippen molar-refractivity contribution in [3.8, 4) is 11.4 Å². The molecule has 0 saturated heterocycles. The third-order valence-electron chi connectivity index (χ3n) is 4.35. The number of hydrogen-bond donors (Lipinski definition) is 2. The number of hydrogen-bond acceptors (Lipinski definition) is 8. The second-order valence-electron chi connectivity index (χ2n) is 6.88. The van der Waals surface area contributed by atoms with Crippen molar-refractivity contribution in [1.82, 2.24) is 20.4 Å². The predicted octanol–water partition coefficient (Wildman–Crippen LogP) is 3.99. The Balaban J connectivity index is 1.29. The maximum atomic E-state index is 13.1. The highest BCUT2D eigenvalue weighted by Crippen LogP contribution is 2.20. The van der Waals surface area contributed by atoms with Crippen LogP contribution in [-0.4, -0.2) is 26.9 Å². The summed E-state index contributed by atoms with van der Waals surface area (Å²) < 4.78 is 18.3. The maximum Gasteiger partial charge on any atom is 0.249 e. The van der Waals surface area contributed by atoms with Crippen LogP contribution in [0, 0.1) is 5.82 Å². The van der Waals surface area contributed by atoms with Crippen LogP contribution in [0.1, 0.15) is 29.4 Å². The van der Waals surface area contributed by atoms with Crippen molar-refractivity contribution >= 4 is 39.6 Å². The van der Waals surface area contributed by atoms with Crippen LogP contribution in [-0.2, 0) is 22.4 Å². The number of thiophene rings is 1. The molecule has 164 valence electrons. The number of thiazole rings is 1. The lowest BCUT2D eigenvalue weighted by Crippen LogP contribution is -2.28. The molecule has 0 aliphatic rings. The summed E-state index contributed by atoms with van der Waals surface area (Å²) >= 11 is 2.78. The van der Waals surface area contributed by atoms with E-state index in [2.05, 4.69) is 25.8 Å². The minimum Gasteiger partial charge on any atom is -0.344 e. The molecule has 11 heteroatoms. The summed E-state index contributed by atoms with van der Waals surface area (Å²) in [6.07, 6.45) is 0.329. The summed E-state index contributed by atoms with van der Waals surface area (Å²) in [4.78, 5) is 34.0. The van der Waals surface area contributed by atoms with E-state index in [0.717, 1.165) is 4.88 Å². The van der Waals surface area contributed by atoms with Gasteiger partial charge >= 0.3 is 0 Å². The molecule has 0 saturated carbocycles. The number of amides is 2. The Morgan fingerprint density at radius 2 is 1.91 bits per heavy atom. The van der Waals surface area contributed by atoms with Gasteiger partial charge in [0.15, 0.2) is 5.13 Å². The van der Waals surface area contributed by atoms with Gasteiger partial charge in [0.25, 0.3) is 0 Å². The van der Waals surface area contributed by atoms with Crippen LogP contribution in [0.25, 0.3) is 11.4 Å². The van der Waals surface area contributed by atoms with Gasteiger partial charge in [-0.1, -0.05) is 11.2 Å². The maximum absolute atomic E-state index is 13.1. The Morgan fingerprint density at radius 3 is 2.66 bits per heavy atom. The molecule has 2 amide bonds. The zero-order valence-corrected chi connectivity index (χ0v) is 18.5. The van der Waals surface area contributed by atoms with Gasteiger partial charge in [0.1, 0.15) is 11.9 Å². The van der Waals surface area contributed by atoms with E-state index in [1.165, 1.54) is 34.8 Å². The molecule has 0 aliphatic heterocycles. The molecule has 32 heavy (non-hydrogen) atoms. The van der Waals surface area contributed by atoms with Crippen molar-refractivity contribution < 1.29 is 18.5 Å². The lowest BCUT2D eigenvalue weighted by molar-refractivity contribution is -0.121. The van der Waals surface area contributed by atoms with E-state index in [0.29, 0.717) is 22.2 Å². The molecule has 0 bridgehead atoms. The van der Waals surface area contributed by atoms with Gasteiger partial charge in [-0.05, 0) is 42.6 Å². The fourth-order valence-electron chi connectivity index (χ4n) is 2.83.